The molecule has 0 unspecified atom stereocenters. The van der Waals surface area contributed by atoms with E-state index < -0.39 is 0 Å². The summed E-state index contributed by atoms with van der Waals surface area (Å²) >= 11 is 0. The Hall–Kier alpha value is -2.48. The standard InChI is InChI=1S/C25H39N3O5/c1-31-21-17-20(18-22(32-2)24(21)33-3)25(30)28-14-8-19(9-15-28)16-23(29)26-10-7-13-27-11-5-4-6-12-27/h17-19H,4-16H2,1-3H3,(H,26,29). The van der Waals surface area contributed by atoms with Crippen LogP contribution in [0.25, 0.3) is 0 Å². The average molecular weight is 462 g/mol. The number of nitrogens with one attached hydrogen (secondary N) is 1. The highest BCUT2D eigenvalue weighted by Gasteiger charge is 2.26. The van der Waals surface area contributed by atoms with Crippen LogP contribution in [0.15, 0.2) is 12.1 Å². The number of carbonyl (C=O) groups is 2. The van der Waals surface area contributed by atoms with Crippen molar-refractivity contribution in [3.63, 3.8) is 0 Å². The first-order chi connectivity index (χ1) is 16.0. The fourth-order valence-electron chi connectivity index (χ4n) is 4.78. The molecule has 3 rings (SSSR count). The minimum Gasteiger partial charge on any atom is -0.493 e. The Labute approximate surface area is 197 Å². The lowest BCUT2D eigenvalue weighted by Crippen LogP contribution is -2.40. The molecule has 0 radical (unpaired) electrons. The smallest absolute Gasteiger partial charge is 0.254 e. The van der Waals surface area contributed by atoms with Gasteiger partial charge in [-0.2, -0.15) is 0 Å². The van der Waals surface area contributed by atoms with Crippen LogP contribution in [0.5, 0.6) is 17.2 Å². The molecule has 184 valence electrons. The van der Waals surface area contributed by atoms with Crippen molar-refractivity contribution in [3.05, 3.63) is 17.7 Å². The van der Waals surface area contributed by atoms with Crippen molar-refractivity contribution in [1.82, 2.24) is 15.1 Å². The maximum atomic E-state index is 13.1. The summed E-state index contributed by atoms with van der Waals surface area (Å²) in [6.07, 6.45) is 7.15. The molecule has 1 aromatic carbocycles. The van der Waals surface area contributed by atoms with E-state index in [1.54, 1.807) is 12.1 Å². The summed E-state index contributed by atoms with van der Waals surface area (Å²) in [5.74, 6) is 1.78. The number of hydrogen-bond donors (Lipinski definition) is 1. The first kappa shape index (κ1) is 25.1. The predicted octanol–water partition coefficient (Wildman–Crippen LogP) is 2.95. The fourth-order valence-corrected chi connectivity index (χ4v) is 4.78. The summed E-state index contributed by atoms with van der Waals surface area (Å²) in [6, 6.07) is 3.38. The Morgan fingerprint density at radius 3 is 2.15 bits per heavy atom. The van der Waals surface area contributed by atoms with Crippen molar-refractivity contribution in [1.29, 1.82) is 0 Å². The summed E-state index contributed by atoms with van der Waals surface area (Å²) in [4.78, 5) is 29.8. The number of nitrogens with zero attached hydrogens (tertiary/aromatic N) is 2. The van der Waals surface area contributed by atoms with Crippen LogP contribution in [0.3, 0.4) is 0 Å². The molecule has 0 spiro atoms. The molecule has 2 aliphatic rings. The Kier molecular flexibility index (Phi) is 9.66. The van der Waals surface area contributed by atoms with Crippen molar-refractivity contribution in [2.45, 2.75) is 44.9 Å². The molecular formula is C25H39N3O5. The summed E-state index contributed by atoms with van der Waals surface area (Å²) in [6.45, 7) is 5.49. The maximum Gasteiger partial charge on any atom is 0.254 e. The predicted molar refractivity (Wildman–Crippen MR) is 127 cm³/mol. The van der Waals surface area contributed by atoms with Gasteiger partial charge in [0.05, 0.1) is 21.3 Å². The van der Waals surface area contributed by atoms with Crippen molar-refractivity contribution in [2.24, 2.45) is 5.92 Å². The van der Waals surface area contributed by atoms with Gasteiger partial charge in [-0.1, -0.05) is 6.42 Å². The van der Waals surface area contributed by atoms with Gasteiger partial charge in [-0.25, -0.2) is 0 Å². The lowest BCUT2D eigenvalue weighted by Gasteiger charge is -2.32. The monoisotopic (exact) mass is 461 g/mol. The lowest BCUT2D eigenvalue weighted by atomic mass is 9.92. The number of ether oxygens (including phenoxy) is 3. The second kappa shape index (κ2) is 12.7. The van der Waals surface area contributed by atoms with Gasteiger partial charge in [0.2, 0.25) is 11.7 Å². The number of rotatable bonds is 10. The number of carbonyl (C=O) groups excluding carboxylic acids is 2. The fraction of sp³-hybridized carbons (Fsp3) is 0.680. The van der Waals surface area contributed by atoms with E-state index in [4.69, 9.17) is 14.2 Å². The van der Waals surface area contributed by atoms with E-state index in [0.29, 0.717) is 48.2 Å². The molecule has 2 heterocycles. The zero-order chi connectivity index (χ0) is 23.6. The molecule has 8 heteroatoms. The molecule has 2 saturated heterocycles. The third-order valence-electron chi connectivity index (χ3n) is 6.71. The second-order valence-electron chi connectivity index (χ2n) is 8.96. The van der Waals surface area contributed by atoms with Gasteiger partial charge in [0, 0.05) is 31.6 Å². The Balaban J connectivity index is 1.42. The maximum absolute atomic E-state index is 13.1. The summed E-state index contributed by atoms with van der Waals surface area (Å²) in [5.41, 5.74) is 0.509. The van der Waals surface area contributed by atoms with Crippen molar-refractivity contribution >= 4 is 11.8 Å². The van der Waals surface area contributed by atoms with E-state index in [0.717, 1.165) is 32.4 Å². The molecule has 1 aromatic rings. The van der Waals surface area contributed by atoms with E-state index in [9.17, 15) is 9.59 Å². The number of hydrogen-bond acceptors (Lipinski definition) is 6. The molecule has 2 amide bonds. The van der Waals surface area contributed by atoms with E-state index in [1.165, 1.54) is 53.7 Å². The van der Waals surface area contributed by atoms with Crippen LogP contribution < -0.4 is 19.5 Å². The number of piperidine rings is 2. The molecular weight excluding hydrogens is 422 g/mol. The van der Waals surface area contributed by atoms with E-state index in [-0.39, 0.29) is 11.8 Å². The first-order valence-electron chi connectivity index (χ1n) is 12.1. The third-order valence-corrected chi connectivity index (χ3v) is 6.71. The van der Waals surface area contributed by atoms with Gasteiger partial charge in [0.25, 0.3) is 5.91 Å². The van der Waals surface area contributed by atoms with Crippen molar-refractivity contribution in [3.8, 4) is 17.2 Å². The van der Waals surface area contributed by atoms with E-state index in [1.807, 2.05) is 4.90 Å². The third kappa shape index (κ3) is 7.00. The SMILES string of the molecule is COc1cc(C(=O)N2CCC(CC(=O)NCCCN3CCCCC3)CC2)cc(OC)c1OC. The van der Waals surface area contributed by atoms with E-state index >= 15 is 0 Å². The Morgan fingerprint density at radius 1 is 0.939 bits per heavy atom. The van der Waals surface area contributed by atoms with Gasteiger partial charge in [-0.05, 0) is 69.8 Å². The molecule has 0 atom stereocenters. The van der Waals surface area contributed by atoms with Gasteiger partial charge in [0.15, 0.2) is 11.5 Å². The van der Waals surface area contributed by atoms with Gasteiger partial charge in [-0.3, -0.25) is 9.59 Å². The average Bonchev–Trinajstić information content (AvgIpc) is 2.86. The largest absolute Gasteiger partial charge is 0.493 e. The zero-order valence-corrected chi connectivity index (χ0v) is 20.4. The van der Waals surface area contributed by atoms with Crippen LogP contribution in [0, 0.1) is 5.92 Å². The Bertz CT molecular complexity index is 761. The van der Waals surface area contributed by atoms with Crippen LogP contribution in [0.4, 0.5) is 0 Å². The first-order valence-corrected chi connectivity index (χ1v) is 12.1. The molecule has 0 aliphatic carbocycles. The van der Waals surface area contributed by atoms with Gasteiger partial charge < -0.3 is 29.3 Å². The van der Waals surface area contributed by atoms with Crippen molar-refractivity contribution in [2.75, 3.05) is 60.6 Å². The van der Waals surface area contributed by atoms with Gasteiger partial charge in [-0.15, -0.1) is 0 Å². The number of benzene rings is 1. The van der Waals surface area contributed by atoms with Crippen LogP contribution in [-0.2, 0) is 4.79 Å². The van der Waals surface area contributed by atoms with Crippen LogP contribution in [0.2, 0.25) is 0 Å². The van der Waals surface area contributed by atoms with Gasteiger partial charge >= 0.3 is 0 Å². The molecule has 1 N–H and O–H groups in total. The van der Waals surface area contributed by atoms with E-state index in [2.05, 4.69) is 10.2 Å². The molecule has 2 aliphatic heterocycles. The molecule has 2 fully saturated rings. The molecule has 0 saturated carbocycles. The molecule has 33 heavy (non-hydrogen) atoms. The highest BCUT2D eigenvalue weighted by molar-refractivity contribution is 5.95. The lowest BCUT2D eigenvalue weighted by molar-refractivity contribution is -0.122. The summed E-state index contributed by atoms with van der Waals surface area (Å²) in [7, 11) is 4.61. The van der Waals surface area contributed by atoms with Crippen molar-refractivity contribution < 1.29 is 23.8 Å². The number of likely N-dealkylation sites (tertiary alicyclic amines) is 2. The number of methoxy groups -OCH3 is 3. The highest BCUT2D eigenvalue weighted by atomic mass is 16.5. The summed E-state index contributed by atoms with van der Waals surface area (Å²) < 4.78 is 16.1. The van der Waals surface area contributed by atoms with Crippen LogP contribution in [0.1, 0.15) is 55.3 Å². The topological polar surface area (TPSA) is 80.3 Å². The quantitative estimate of drug-likeness (QED) is 0.540. The number of amides is 2. The minimum atomic E-state index is -0.0603. The van der Waals surface area contributed by atoms with Crippen LogP contribution >= 0.6 is 0 Å². The highest BCUT2D eigenvalue weighted by Crippen LogP contribution is 2.38. The second-order valence-corrected chi connectivity index (χ2v) is 8.96. The molecule has 0 aromatic heterocycles. The minimum absolute atomic E-state index is 0.0603. The van der Waals surface area contributed by atoms with Gasteiger partial charge in [0.1, 0.15) is 0 Å². The molecule has 8 nitrogen and oxygen atoms in total. The zero-order valence-electron chi connectivity index (χ0n) is 20.4. The Morgan fingerprint density at radius 2 is 1.58 bits per heavy atom. The molecule has 0 bridgehead atoms. The van der Waals surface area contributed by atoms with Crippen LogP contribution in [-0.4, -0.2) is 82.2 Å². The normalized spacial score (nSPS) is 17.5. The summed E-state index contributed by atoms with van der Waals surface area (Å²) in [5, 5.41) is 3.08.